The quantitative estimate of drug-likeness (QED) is 0.810. The van der Waals surface area contributed by atoms with Crippen molar-refractivity contribution in [2.24, 2.45) is 5.92 Å². The Morgan fingerprint density at radius 3 is 3.12 bits per heavy atom. The Morgan fingerprint density at radius 1 is 1.44 bits per heavy atom. The molecule has 2 heterocycles. The molecule has 0 radical (unpaired) electrons. The van der Waals surface area contributed by atoms with Crippen molar-refractivity contribution in [3.05, 3.63) is 35.2 Å². The number of likely N-dealkylation sites (tertiary alicyclic amines) is 1. The fourth-order valence-electron chi connectivity index (χ4n) is 3.27. The summed E-state index contributed by atoms with van der Waals surface area (Å²) >= 11 is 5.99. The molecule has 1 aromatic heterocycles. The minimum absolute atomic E-state index is 0.255. The number of hydrogen-bond donors (Lipinski definition) is 1. The number of nitrogens with zero attached hydrogens (tertiary/aromatic N) is 3. The molecule has 0 bridgehead atoms. The lowest BCUT2D eigenvalue weighted by atomic mass is 9.93. The molecule has 2 aromatic rings. The van der Waals surface area contributed by atoms with Crippen LogP contribution in [0, 0.1) is 5.92 Å². The summed E-state index contributed by atoms with van der Waals surface area (Å²) in [6.45, 7) is 2.84. The van der Waals surface area contributed by atoms with E-state index in [9.17, 15) is 4.79 Å². The summed E-state index contributed by atoms with van der Waals surface area (Å²) in [6, 6.07) is 7.38. The Bertz CT molecular complexity index is 719. The van der Waals surface area contributed by atoms with Gasteiger partial charge in [-0.3, -0.25) is 4.79 Å². The predicted octanol–water partition coefficient (Wildman–Crippen LogP) is 3.51. The molecular formula is C18H22ClN3O3. The summed E-state index contributed by atoms with van der Waals surface area (Å²) in [6.07, 6.45) is 3.93. The van der Waals surface area contributed by atoms with Gasteiger partial charge in [-0.15, -0.1) is 0 Å². The number of rotatable bonds is 7. The lowest BCUT2D eigenvalue weighted by molar-refractivity contribution is -0.137. The average molecular weight is 364 g/mol. The zero-order chi connectivity index (χ0) is 17.6. The second kappa shape index (κ2) is 8.45. The highest BCUT2D eigenvalue weighted by atomic mass is 35.5. The first kappa shape index (κ1) is 17.9. The van der Waals surface area contributed by atoms with Gasteiger partial charge in [0, 0.05) is 36.5 Å². The number of aromatic nitrogens is 2. The molecule has 1 aliphatic rings. The molecule has 134 valence electrons. The van der Waals surface area contributed by atoms with Gasteiger partial charge in [0.2, 0.25) is 11.7 Å². The van der Waals surface area contributed by atoms with Gasteiger partial charge in [-0.1, -0.05) is 28.9 Å². The van der Waals surface area contributed by atoms with Crippen LogP contribution in [-0.2, 0) is 11.2 Å². The fraction of sp³-hybridized carbons (Fsp3) is 0.500. The number of benzene rings is 1. The number of halogens is 1. The molecule has 3 rings (SSSR count). The lowest BCUT2D eigenvalue weighted by Crippen LogP contribution is -2.36. The van der Waals surface area contributed by atoms with Crippen LogP contribution in [0.25, 0.3) is 11.4 Å². The van der Waals surface area contributed by atoms with E-state index in [-0.39, 0.29) is 6.42 Å². The highest BCUT2D eigenvalue weighted by Crippen LogP contribution is 2.22. The second-order valence-electron chi connectivity index (χ2n) is 6.51. The van der Waals surface area contributed by atoms with Crippen molar-refractivity contribution in [3.8, 4) is 11.4 Å². The van der Waals surface area contributed by atoms with Crippen LogP contribution in [0.2, 0.25) is 5.02 Å². The zero-order valence-corrected chi connectivity index (χ0v) is 14.8. The molecule has 1 saturated heterocycles. The number of carboxylic acids is 1. The highest BCUT2D eigenvalue weighted by Gasteiger charge is 2.21. The molecule has 1 N–H and O–H groups in total. The minimum atomic E-state index is -0.712. The normalized spacial score (nSPS) is 18.4. The highest BCUT2D eigenvalue weighted by molar-refractivity contribution is 6.30. The van der Waals surface area contributed by atoms with E-state index in [2.05, 4.69) is 15.0 Å². The zero-order valence-electron chi connectivity index (χ0n) is 14.0. The van der Waals surface area contributed by atoms with Crippen LogP contribution < -0.4 is 0 Å². The molecule has 0 aliphatic carbocycles. The van der Waals surface area contributed by atoms with E-state index in [1.54, 1.807) is 0 Å². The summed E-state index contributed by atoms with van der Waals surface area (Å²) in [7, 11) is 0. The van der Waals surface area contributed by atoms with E-state index >= 15 is 0 Å². The van der Waals surface area contributed by atoms with E-state index in [1.807, 2.05) is 24.3 Å². The number of aliphatic carboxylic acids is 1. The molecular weight excluding hydrogens is 342 g/mol. The summed E-state index contributed by atoms with van der Waals surface area (Å²) in [5, 5.41) is 13.5. The second-order valence-corrected chi connectivity index (χ2v) is 6.95. The van der Waals surface area contributed by atoms with Crippen LogP contribution in [0.15, 0.2) is 28.8 Å². The van der Waals surface area contributed by atoms with Crippen LogP contribution in [0.3, 0.4) is 0 Å². The number of carboxylic acid groups (broad SMARTS) is 1. The van der Waals surface area contributed by atoms with Gasteiger partial charge in [0.25, 0.3) is 0 Å². The first-order chi connectivity index (χ1) is 12.1. The molecule has 0 saturated carbocycles. The van der Waals surface area contributed by atoms with E-state index < -0.39 is 5.97 Å². The van der Waals surface area contributed by atoms with Crippen molar-refractivity contribution in [1.82, 2.24) is 15.0 Å². The van der Waals surface area contributed by atoms with Crippen LogP contribution in [0.1, 0.15) is 31.6 Å². The van der Waals surface area contributed by atoms with Crippen molar-refractivity contribution in [1.29, 1.82) is 0 Å². The average Bonchev–Trinajstić information content (AvgIpc) is 3.08. The minimum Gasteiger partial charge on any atom is -0.481 e. The lowest BCUT2D eigenvalue weighted by Gasteiger charge is -2.32. The summed E-state index contributed by atoms with van der Waals surface area (Å²) < 4.78 is 5.35. The van der Waals surface area contributed by atoms with Gasteiger partial charge in [-0.05, 0) is 43.9 Å². The molecule has 25 heavy (non-hydrogen) atoms. The molecule has 0 amide bonds. The largest absolute Gasteiger partial charge is 0.481 e. The van der Waals surface area contributed by atoms with Gasteiger partial charge in [0.1, 0.15) is 0 Å². The Hall–Kier alpha value is -1.92. The van der Waals surface area contributed by atoms with Crippen LogP contribution in [0.4, 0.5) is 0 Å². The van der Waals surface area contributed by atoms with Gasteiger partial charge in [-0.2, -0.15) is 4.98 Å². The summed E-state index contributed by atoms with van der Waals surface area (Å²) in [5.74, 6) is 0.921. The Balaban J connectivity index is 1.51. The van der Waals surface area contributed by atoms with E-state index in [0.717, 1.165) is 44.5 Å². The summed E-state index contributed by atoms with van der Waals surface area (Å²) in [4.78, 5) is 17.5. The van der Waals surface area contributed by atoms with Crippen molar-refractivity contribution in [2.45, 2.75) is 32.1 Å². The van der Waals surface area contributed by atoms with E-state index in [0.29, 0.717) is 29.1 Å². The number of piperidine rings is 1. The molecule has 1 fully saturated rings. The Labute approximate surface area is 151 Å². The van der Waals surface area contributed by atoms with Crippen LogP contribution >= 0.6 is 11.6 Å². The standard InChI is InChI=1S/C18H22ClN3O3/c19-15-5-1-4-14(11-15)18-20-16(25-21-18)8-10-22-9-2-3-13(12-22)6-7-17(23)24/h1,4-5,11,13H,2-3,6-10,12H2,(H,23,24). The third-order valence-corrected chi connectivity index (χ3v) is 4.80. The molecule has 1 atom stereocenters. The van der Waals surface area contributed by atoms with Gasteiger partial charge in [0.15, 0.2) is 0 Å². The molecule has 1 aliphatic heterocycles. The third kappa shape index (κ3) is 5.28. The van der Waals surface area contributed by atoms with Crippen LogP contribution in [0.5, 0.6) is 0 Å². The first-order valence-electron chi connectivity index (χ1n) is 8.63. The fourth-order valence-corrected chi connectivity index (χ4v) is 3.46. The third-order valence-electron chi connectivity index (χ3n) is 4.56. The number of carbonyl (C=O) groups is 1. The van der Waals surface area contributed by atoms with Crippen molar-refractivity contribution in [3.63, 3.8) is 0 Å². The SMILES string of the molecule is O=C(O)CCC1CCCN(CCc2nc(-c3cccc(Cl)c3)no2)C1. The van der Waals surface area contributed by atoms with Crippen LogP contribution in [-0.4, -0.2) is 45.8 Å². The smallest absolute Gasteiger partial charge is 0.303 e. The first-order valence-corrected chi connectivity index (χ1v) is 9.00. The van der Waals surface area contributed by atoms with Crippen molar-refractivity contribution in [2.75, 3.05) is 19.6 Å². The molecule has 7 heteroatoms. The maximum absolute atomic E-state index is 10.7. The monoisotopic (exact) mass is 363 g/mol. The maximum Gasteiger partial charge on any atom is 0.303 e. The topological polar surface area (TPSA) is 79.5 Å². The Morgan fingerprint density at radius 2 is 2.32 bits per heavy atom. The molecule has 0 spiro atoms. The van der Waals surface area contributed by atoms with Gasteiger partial charge in [-0.25, -0.2) is 0 Å². The van der Waals surface area contributed by atoms with Gasteiger partial charge < -0.3 is 14.5 Å². The summed E-state index contributed by atoms with van der Waals surface area (Å²) in [5.41, 5.74) is 0.842. The van der Waals surface area contributed by atoms with E-state index in [4.69, 9.17) is 21.2 Å². The maximum atomic E-state index is 10.7. The Kier molecular flexibility index (Phi) is 6.04. The van der Waals surface area contributed by atoms with E-state index in [1.165, 1.54) is 0 Å². The van der Waals surface area contributed by atoms with Gasteiger partial charge in [0.05, 0.1) is 0 Å². The molecule has 1 unspecified atom stereocenters. The predicted molar refractivity (Wildman–Crippen MR) is 94.5 cm³/mol. The van der Waals surface area contributed by atoms with Crippen molar-refractivity contribution < 1.29 is 14.4 Å². The van der Waals surface area contributed by atoms with Crippen molar-refractivity contribution >= 4 is 17.6 Å². The van der Waals surface area contributed by atoms with Gasteiger partial charge >= 0.3 is 5.97 Å². The molecule has 1 aromatic carbocycles. The number of hydrogen-bond acceptors (Lipinski definition) is 5. The molecule has 6 nitrogen and oxygen atoms in total.